The molecular formula is C24H29N3O3. The van der Waals surface area contributed by atoms with Gasteiger partial charge in [-0.25, -0.2) is 0 Å². The first kappa shape index (κ1) is 21.4. The molecule has 0 radical (unpaired) electrons. The second kappa shape index (κ2) is 9.48. The van der Waals surface area contributed by atoms with Gasteiger partial charge in [0.2, 0.25) is 5.62 Å². The molecule has 0 saturated heterocycles. The molecule has 0 fully saturated rings. The minimum Gasteiger partial charge on any atom is -0.508 e. The minimum absolute atomic E-state index is 0.112. The standard InChI is InChI=1S/C24H29N3O3/c1-5-16(2)23(29)26-24-25-21(14-17-8-12-20(30-4)13-9-17)22(27(24)3)15-18-6-10-19(28)11-7-18/h6-13,16,28H,5,14-15H2,1-4H3,(H,25,26,29). The highest BCUT2D eigenvalue weighted by molar-refractivity contribution is 5.78. The number of phenols is 1. The van der Waals surface area contributed by atoms with Crippen molar-refractivity contribution in [1.82, 2.24) is 9.55 Å². The number of imidazole rings is 1. The van der Waals surface area contributed by atoms with Gasteiger partial charge < -0.3 is 19.4 Å². The second-order valence-electron chi connectivity index (χ2n) is 7.56. The van der Waals surface area contributed by atoms with Gasteiger partial charge in [0.05, 0.1) is 7.11 Å². The lowest BCUT2D eigenvalue weighted by atomic mass is 10.0. The van der Waals surface area contributed by atoms with Crippen molar-refractivity contribution in [3.8, 4) is 11.5 Å². The molecule has 1 atom stereocenters. The first-order valence-electron chi connectivity index (χ1n) is 10.2. The molecule has 2 N–H and O–H groups in total. The summed E-state index contributed by atoms with van der Waals surface area (Å²) in [6, 6.07) is 15.1. The van der Waals surface area contributed by atoms with Crippen LogP contribution < -0.4 is 10.4 Å². The summed E-state index contributed by atoms with van der Waals surface area (Å²) < 4.78 is 7.20. The van der Waals surface area contributed by atoms with Crippen LogP contribution in [0.3, 0.4) is 0 Å². The van der Waals surface area contributed by atoms with E-state index in [1.165, 1.54) is 0 Å². The molecule has 0 aliphatic rings. The van der Waals surface area contributed by atoms with E-state index in [9.17, 15) is 9.90 Å². The molecule has 0 aliphatic carbocycles. The van der Waals surface area contributed by atoms with E-state index in [2.05, 4.69) is 9.98 Å². The van der Waals surface area contributed by atoms with Gasteiger partial charge in [-0.15, -0.1) is 0 Å². The number of methoxy groups -OCH3 is 1. The smallest absolute Gasteiger partial charge is 0.251 e. The molecule has 2 aromatic carbocycles. The third-order valence-corrected chi connectivity index (χ3v) is 5.43. The minimum atomic E-state index is -0.124. The highest BCUT2D eigenvalue weighted by atomic mass is 16.5. The Bertz CT molecular complexity index is 1060. The third-order valence-electron chi connectivity index (χ3n) is 5.43. The normalized spacial score (nSPS) is 12.7. The van der Waals surface area contributed by atoms with Crippen molar-refractivity contribution in [3.05, 3.63) is 76.7 Å². The van der Waals surface area contributed by atoms with E-state index < -0.39 is 0 Å². The van der Waals surface area contributed by atoms with Crippen LogP contribution >= 0.6 is 0 Å². The van der Waals surface area contributed by atoms with Gasteiger partial charge in [0.25, 0.3) is 5.91 Å². The van der Waals surface area contributed by atoms with Gasteiger partial charge in [0.1, 0.15) is 11.5 Å². The van der Waals surface area contributed by atoms with Crippen molar-refractivity contribution in [3.63, 3.8) is 0 Å². The zero-order valence-corrected chi connectivity index (χ0v) is 18.0. The summed E-state index contributed by atoms with van der Waals surface area (Å²) in [5.41, 5.74) is 4.80. The van der Waals surface area contributed by atoms with E-state index in [4.69, 9.17) is 4.74 Å². The Kier molecular flexibility index (Phi) is 6.77. The zero-order valence-electron chi connectivity index (χ0n) is 18.0. The van der Waals surface area contributed by atoms with Gasteiger partial charge >= 0.3 is 0 Å². The number of nitrogens with zero attached hydrogens (tertiary/aromatic N) is 2. The highest BCUT2D eigenvalue weighted by Crippen LogP contribution is 2.19. The Morgan fingerprint density at radius 3 is 2.30 bits per heavy atom. The van der Waals surface area contributed by atoms with Crippen molar-refractivity contribution in [2.75, 3.05) is 7.11 Å². The molecule has 0 spiro atoms. The molecule has 0 bridgehead atoms. The summed E-state index contributed by atoms with van der Waals surface area (Å²) in [5.74, 6) is 0.820. The number of aromatic hydroxyl groups is 1. The maximum absolute atomic E-state index is 12.4. The number of rotatable bonds is 7. The van der Waals surface area contributed by atoms with Crippen molar-refractivity contribution < 1.29 is 14.6 Å². The zero-order chi connectivity index (χ0) is 21.7. The van der Waals surface area contributed by atoms with Crippen LogP contribution in [0, 0.1) is 5.92 Å². The van der Waals surface area contributed by atoms with Gasteiger partial charge in [0.15, 0.2) is 0 Å². The molecule has 1 unspecified atom stereocenters. The lowest BCUT2D eigenvalue weighted by Crippen LogP contribution is -2.21. The molecule has 1 heterocycles. The number of ether oxygens (including phenoxy) is 1. The molecule has 0 aliphatic heterocycles. The number of benzene rings is 2. The molecule has 158 valence electrons. The fourth-order valence-electron chi connectivity index (χ4n) is 3.24. The fourth-order valence-corrected chi connectivity index (χ4v) is 3.24. The lowest BCUT2D eigenvalue weighted by Gasteiger charge is -2.08. The van der Waals surface area contributed by atoms with E-state index in [-0.39, 0.29) is 17.6 Å². The van der Waals surface area contributed by atoms with E-state index in [0.29, 0.717) is 18.5 Å². The highest BCUT2D eigenvalue weighted by Gasteiger charge is 2.15. The van der Waals surface area contributed by atoms with Crippen molar-refractivity contribution in [1.29, 1.82) is 0 Å². The number of hydrogen-bond acceptors (Lipinski definition) is 3. The molecule has 6 nitrogen and oxygen atoms in total. The molecule has 1 aromatic heterocycles. The van der Waals surface area contributed by atoms with Crippen molar-refractivity contribution in [2.45, 2.75) is 33.1 Å². The van der Waals surface area contributed by atoms with Crippen LogP contribution in [0.5, 0.6) is 11.5 Å². The van der Waals surface area contributed by atoms with E-state index >= 15 is 0 Å². The maximum Gasteiger partial charge on any atom is 0.251 e. The average Bonchev–Trinajstić information content (AvgIpc) is 3.03. The van der Waals surface area contributed by atoms with Crippen LogP contribution in [0.25, 0.3) is 0 Å². The number of amides is 1. The summed E-state index contributed by atoms with van der Waals surface area (Å²) in [6.07, 6.45) is 2.09. The second-order valence-corrected chi connectivity index (χ2v) is 7.56. The van der Waals surface area contributed by atoms with Gasteiger partial charge in [-0.1, -0.05) is 38.1 Å². The number of nitrogens with one attached hydrogen (secondary N) is 1. The Morgan fingerprint density at radius 1 is 1.10 bits per heavy atom. The van der Waals surface area contributed by atoms with Crippen LogP contribution in [0.1, 0.15) is 42.8 Å². The van der Waals surface area contributed by atoms with E-state index in [1.807, 2.05) is 61.9 Å². The molecule has 0 saturated carbocycles. The van der Waals surface area contributed by atoms with Crippen LogP contribution in [0.4, 0.5) is 0 Å². The Hall–Kier alpha value is -3.28. The summed E-state index contributed by atoms with van der Waals surface area (Å²) in [7, 11) is 3.57. The van der Waals surface area contributed by atoms with Gasteiger partial charge in [-0.05, 0) is 41.8 Å². The number of hydrogen-bond donors (Lipinski definition) is 2. The van der Waals surface area contributed by atoms with Gasteiger partial charge in [-0.2, -0.15) is 4.99 Å². The van der Waals surface area contributed by atoms with Gasteiger partial charge in [0, 0.05) is 37.2 Å². The van der Waals surface area contributed by atoms with E-state index in [1.54, 1.807) is 19.2 Å². The third kappa shape index (κ3) is 5.00. The Labute approximate surface area is 176 Å². The van der Waals surface area contributed by atoms with Crippen LogP contribution in [-0.2, 0) is 24.7 Å². The molecule has 6 heteroatoms. The summed E-state index contributed by atoms with van der Waals surface area (Å²) in [6.45, 7) is 3.88. The quantitative estimate of drug-likeness (QED) is 0.626. The summed E-state index contributed by atoms with van der Waals surface area (Å²) in [5, 5.41) is 9.57. The molecule has 3 aromatic rings. The predicted octanol–water partition coefficient (Wildman–Crippen LogP) is 3.72. The Balaban J connectivity index is 2.00. The number of aromatic nitrogens is 2. The molecular weight excluding hydrogens is 378 g/mol. The first-order valence-corrected chi connectivity index (χ1v) is 10.2. The van der Waals surface area contributed by atoms with Crippen LogP contribution in [0.2, 0.25) is 0 Å². The number of phenolic OH excluding ortho intramolecular Hbond substituents is 1. The van der Waals surface area contributed by atoms with Crippen molar-refractivity contribution >= 4 is 5.91 Å². The first-order chi connectivity index (χ1) is 14.4. The largest absolute Gasteiger partial charge is 0.508 e. The lowest BCUT2D eigenvalue weighted by molar-refractivity contribution is -0.121. The van der Waals surface area contributed by atoms with Crippen molar-refractivity contribution in [2.24, 2.45) is 18.0 Å². The van der Waals surface area contributed by atoms with E-state index in [0.717, 1.165) is 34.7 Å². The predicted molar refractivity (Wildman–Crippen MR) is 117 cm³/mol. The van der Waals surface area contributed by atoms with Crippen LogP contribution in [0.15, 0.2) is 53.5 Å². The molecule has 1 amide bonds. The topological polar surface area (TPSA) is 79.6 Å². The number of carbonyl (C=O) groups excluding carboxylic acids is 1. The summed E-state index contributed by atoms with van der Waals surface area (Å²) >= 11 is 0. The monoisotopic (exact) mass is 407 g/mol. The van der Waals surface area contributed by atoms with Gasteiger partial charge in [-0.3, -0.25) is 4.79 Å². The fraction of sp³-hybridized carbons (Fsp3) is 0.333. The number of H-pyrrole nitrogens is 1. The number of carbonyl (C=O) groups is 1. The van der Waals surface area contributed by atoms with Crippen LogP contribution in [-0.4, -0.2) is 27.7 Å². The SMILES string of the molecule is CCC(C)C(=O)/N=c1\[nH]c(Cc2ccc(OC)cc2)c(Cc2ccc(O)cc2)n1C. The maximum atomic E-state index is 12.4. The Morgan fingerprint density at radius 2 is 1.70 bits per heavy atom. The molecule has 3 rings (SSSR count). The average molecular weight is 408 g/mol. The molecule has 30 heavy (non-hydrogen) atoms. The number of aromatic amines is 1. The summed E-state index contributed by atoms with van der Waals surface area (Å²) in [4.78, 5) is 20.1.